The summed E-state index contributed by atoms with van der Waals surface area (Å²) in [5.74, 6) is 0. The van der Waals surface area contributed by atoms with Crippen LogP contribution in [-0.2, 0) is 0 Å². The van der Waals surface area contributed by atoms with Crippen molar-refractivity contribution in [2.45, 2.75) is 59.3 Å². The molecule has 0 bridgehead atoms. The molecule has 0 aromatic rings. The Bertz CT molecular complexity index is 147. The van der Waals surface area contributed by atoms with Crippen molar-refractivity contribution in [3.63, 3.8) is 0 Å². The quantitative estimate of drug-likeness (QED) is 0.617. The van der Waals surface area contributed by atoms with Gasteiger partial charge in [-0.3, -0.25) is 0 Å². The third-order valence-electron chi connectivity index (χ3n) is 2.77. The smallest absolute Gasteiger partial charge is 0.0599 e. The van der Waals surface area contributed by atoms with Crippen LogP contribution in [0.15, 0.2) is 0 Å². The molecule has 0 fully saturated rings. The van der Waals surface area contributed by atoms with Gasteiger partial charge in [0.2, 0.25) is 0 Å². The van der Waals surface area contributed by atoms with Gasteiger partial charge < -0.3 is 4.90 Å². The summed E-state index contributed by atoms with van der Waals surface area (Å²) in [4.78, 5) is 2.64. The number of hydrogen-bond acceptors (Lipinski definition) is 1. The van der Waals surface area contributed by atoms with Crippen molar-refractivity contribution in [1.82, 2.24) is 4.90 Å². The average molecular weight is 201 g/mol. The van der Waals surface area contributed by atoms with Crippen LogP contribution in [0.5, 0.6) is 0 Å². The molecule has 0 aliphatic carbocycles. The fourth-order valence-electron chi connectivity index (χ4n) is 1.55. The van der Waals surface area contributed by atoms with Crippen molar-refractivity contribution >= 4 is 8.07 Å². The molecule has 0 heterocycles. The maximum Gasteiger partial charge on any atom is 0.0599 e. The highest BCUT2D eigenvalue weighted by molar-refractivity contribution is 6.76. The Hall–Kier alpha value is 0.177. The van der Waals surface area contributed by atoms with Crippen LogP contribution < -0.4 is 0 Å². The van der Waals surface area contributed by atoms with E-state index in [9.17, 15) is 0 Å². The van der Waals surface area contributed by atoms with Gasteiger partial charge in [0.1, 0.15) is 0 Å². The molecule has 0 rings (SSSR count). The van der Waals surface area contributed by atoms with Crippen molar-refractivity contribution in [1.29, 1.82) is 0 Å². The van der Waals surface area contributed by atoms with Crippen LogP contribution >= 0.6 is 0 Å². The van der Waals surface area contributed by atoms with Crippen LogP contribution in [0.1, 0.15) is 34.1 Å². The molecule has 0 aliphatic heterocycles. The summed E-state index contributed by atoms with van der Waals surface area (Å²) >= 11 is 0. The molecular formula is C11H27NSi. The Labute approximate surface area is 85.5 Å². The van der Waals surface area contributed by atoms with Crippen LogP contribution in [0.3, 0.4) is 0 Å². The zero-order valence-corrected chi connectivity index (χ0v) is 11.6. The van der Waals surface area contributed by atoms with Crippen molar-refractivity contribution in [2.75, 3.05) is 12.7 Å². The molecule has 0 saturated carbocycles. The predicted octanol–water partition coefficient (Wildman–Crippen LogP) is 3.37. The summed E-state index contributed by atoms with van der Waals surface area (Å²) in [6.45, 7) is 17.8. The van der Waals surface area contributed by atoms with E-state index in [0.717, 1.165) is 0 Å². The minimum absolute atomic E-state index is 0.384. The van der Waals surface area contributed by atoms with Gasteiger partial charge in [-0.15, -0.1) is 0 Å². The number of hydrogen-bond donors (Lipinski definition) is 0. The Balaban J connectivity index is 4.35. The minimum atomic E-state index is -0.941. The molecule has 13 heavy (non-hydrogen) atoms. The lowest BCUT2D eigenvalue weighted by Gasteiger charge is -2.40. The maximum absolute atomic E-state index is 2.64. The molecule has 0 saturated heterocycles. The van der Waals surface area contributed by atoms with E-state index in [2.05, 4.69) is 52.2 Å². The Morgan fingerprint density at radius 3 is 1.77 bits per heavy atom. The second-order valence-corrected chi connectivity index (χ2v) is 11.2. The third kappa shape index (κ3) is 4.82. The molecule has 0 aliphatic rings. The van der Waals surface area contributed by atoms with Crippen LogP contribution in [0.25, 0.3) is 0 Å². The lowest BCUT2D eigenvalue weighted by molar-refractivity contribution is 0.145. The van der Waals surface area contributed by atoms with Gasteiger partial charge >= 0.3 is 0 Å². The summed E-state index contributed by atoms with van der Waals surface area (Å²) in [7, 11) is -0.941. The molecule has 0 aromatic carbocycles. The predicted molar refractivity (Wildman–Crippen MR) is 65.0 cm³/mol. The molecular weight excluding hydrogens is 174 g/mol. The maximum atomic E-state index is 2.64. The second-order valence-electron chi connectivity index (χ2n) is 5.74. The number of nitrogens with zero attached hydrogens (tertiary/aromatic N) is 1. The SMILES string of the molecule is CCN(C[Si](C)(C)C)C(C)(C)CC. The van der Waals surface area contributed by atoms with Crippen LogP contribution in [0.2, 0.25) is 19.6 Å². The van der Waals surface area contributed by atoms with Gasteiger partial charge in [0, 0.05) is 5.54 Å². The van der Waals surface area contributed by atoms with E-state index < -0.39 is 8.07 Å². The van der Waals surface area contributed by atoms with Crippen molar-refractivity contribution in [3.05, 3.63) is 0 Å². The Kier molecular flexibility index (Phi) is 4.67. The van der Waals surface area contributed by atoms with Crippen molar-refractivity contribution < 1.29 is 0 Å². The molecule has 0 unspecified atom stereocenters. The van der Waals surface area contributed by atoms with Crippen molar-refractivity contribution in [3.8, 4) is 0 Å². The zero-order valence-electron chi connectivity index (χ0n) is 10.6. The first-order valence-electron chi connectivity index (χ1n) is 5.48. The van der Waals surface area contributed by atoms with Crippen LogP contribution in [-0.4, -0.2) is 31.2 Å². The molecule has 0 aromatic heterocycles. The van der Waals surface area contributed by atoms with E-state index in [1.807, 2.05) is 0 Å². The zero-order chi connectivity index (χ0) is 10.7. The molecule has 0 N–H and O–H groups in total. The second kappa shape index (κ2) is 4.60. The van der Waals surface area contributed by atoms with E-state index in [1.54, 1.807) is 0 Å². The monoisotopic (exact) mass is 201 g/mol. The lowest BCUT2D eigenvalue weighted by Crippen LogP contribution is -2.50. The van der Waals surface area contributed by atoms with E-state index in [0.29, 0.717) is 5.54 Å². The topological polar surface area (TPSA) is 3.24 Å². The summed E-state index contributed by atoms with van der Waals surface area (Å²) in [5.41, 5.74) is 0.384. The molecule has 0 atom stereocenters. The number of rotatable bonds is 5. The molecule has 80 valence electrons. The summed E-state index contributed by atoms with van der Waals surface area (Å²) in [6.07, 6.45) is 2.57. The standard InChI is InChI=1S/C11H27NSi/c1-8-11(3,4)12(9-2)10-13(5,6)7/h8-10H2,1-7H3. The molecule has 0 radical (unpaired) electrons. The van der Waals surface area contributed by atoms with Gasteiger partial charge in [-0.1, -0.05) is 33.5 Å². The summed E-state index contributed by atoms with van der Waals surface area (Å²) in [6, 6.07) is 0. The van der Waals surface area contributed by atoms with Gasteiger partial charge in [0.25, 0.3) is 0 Å². The highest BCUT2D eigenvalue weighted by atomic mass is 28.3. The highest BCUT2D eigenvalue weighted by Gasteiger charge is 2.27. The minimum Gasteiger partial charge on any atom is -0.301 e. The fourth-order valence-corrected chi connectivity index (χ4v) is 3.35. The first-order valence-corrected chi connectivity index (χ1v) is 9.18. The van der Waals surface area contributed by atoms with E-state index in [-0.39, 0.29) is 0 Å². The van der Waals surface area contributed by atoms with Gasteiger partial charge in [0.15, 0.2) is 0 Å². The first kappa shape index (κ1) is 13.2. The Morgan fingerprint density at radius 1 is 1.08 bits per heavy atom. The van der Waals surface area contributed by atoms with Crippen LogP contribution in [0, 0.1) is 0 Å². The van der Waals surface area contributed by atoms with Gasteiger partial charge in [-0.25, -0.2) is 0 Å². The normalized spacial score (nSPS) is 13.8. The average Bonchev–Trinajstić information content (AvgIpc) is 1.98. The highest BCUT2D eigenvalue weighted by Crippen LogP contribution is 2.20. The van der Waals surface area contributed by atoms with Gasteiger partial charge in [0.05, 0.1) is 8.07 Å². The van der Waals surface area contributed by atoms with E-state index in [4.69, 9.17) is 0 Å². The van der Waals surface area contributed by atoms with Gasteiger partial charge in [-0.2, -0.15) is 0 Å². The van der Waals surface area contributed by atoms with Crippen molar-refractivity contribution in [2.24, 2.45) is 0 Å². The first-order chi connectivity index (χ1) is 5.73. The van der Waals surface area contributed by atoms with E-state index >= 15 is 0 Å². The molecule has 0 spiro atoms. The molecule has 0 amide bonds. The fraction of sp³-hybridized carbons (Fsp3) is 1.00. The van der Waals surface area contributed by atoms with Crippen LogP contribution in [0.4, 0.5) is 0 Å². The van der Waals surface area contributed by atoms with E-state index in [1.165, 1.54) is 19.1 Å². The third-order valence-corrected chi connectivity index (χ3v) is 4.10. The molecule has 2 heteroatoms. The summed E-state index contributed by atoms with van der Waals surface area (Å²) in [5, 5.41) is 0. The molecule has 1 nitrogen and oxygen atoms in total. The van der Waals surface area contributed by atoms with Gasteiger partial charge in [-0.05, 0) is 33.0 Å². The lowest BCUT2D eigenvalue weighted by atomic mass is 10.0. The summed E-state index contributed by atoms with van der Waals surface area (Å²) < 4.78 is 0. The largest absolute Gasteiger partial charge is 0.301 e. The Morgan fingerprint density at radius 2 is 1.54 bits per heavy atom.